The molecule has 17 heavy (non-hydrogen) atoms. The molecule has 2 N–H and O–H groups in total. The van der Waals surface area contributed by atoms with Crippen LogP contribution in [0.2, 0.25) is 0 Å². The Hall–Kier alpha value is -1.75. The fourth-order valence-electron chi connectivity index (χ4n) is 1.66. The van der Waals surface area contributed by atoms with E-state index < -0.39 is 0 Å². The molecule has 0 spiro atoms. The van der Waals surface area contributed by atoms with Crippen LogP contribution in [0.4, 0.5) is 0 Å². The summed E-state index contributed by atoms with van der Waals surface area (Å²) >= 11 is 0. The van der Waals surface area contributed by atoms with E-state index in [4.69, 9.17) is 10.3 Å². The molecule has 88 valence electrons. The van der Waals surface area contributed by atoms with E-state index in [1.807, 2.05) is 12.1 Å². The van der Waals surface area contributed by atoms with E-state index in [-0.39, 0.29) is 5.41 Å². The van der Waals surface area contributed by atoms with Crippen molar-refractivity contribution in [2.24, 2.45) is 5.73 Å². The van der Waals surface area contributed by atoms with E-state index >= 15 is 0 Å². The number of pyridine rings is 1. The molecule has 1 saturated carbocycles. The number of nitrogens with two attached hydrogens (primary N) is 1. The van der Waals surface area contributed by atoms with Crippen molar-refractivity contribution in [2.45, 2.75) is 31.7 Å². The molecule has 0 bridgehead atoms. The van der Waals surface area contributed by atoms with Crippen LogP contribution >= 0.6 is 0 Å². The summed E-state index contributed by atoms with van der Waals surface area (Å²) in [5.74, 6) is 1.27. The molecule has 1 aliphatic rings. The smallest absolute Gasteiger partial charge is 0.276 e. The van der Waals surface area contributed by atoms with Crippen molar-refractivity contribution in [2.75, 3.05) is 0 Å². The van der Waals surface area contributed by atoms with Gasteiger partial charge in [-0.1, -0.05) is 18.1 Å². The maximum Gasteiger partial charge on any atom is 0.276 e. The molecule has 3 rings (SSSR count). The Kier molecular flexibility index (Phi) is 2.22. The maximum atomic E-state index is 5.52. The highest BCUT2D eigenvalue weighted by Gasteiger charge is 2.43. The molecule has 0 aliphatic heterocycles. The van der Waals surface area contributed by atoms with Gasteiger partial charge in [0.15, 0.2) is 5.82 Å². The second kappa shape index (κ2) is 3.63. The van der Waals surface area contributed by atoms with Gasteiger partial charge < -0.3 is 10.3 Å². The SMILES string of the molecule is CC1(c2noc(-c3ccc(CN)cn3)n2)CC1. The Labute approximate surface area is 99.1 Å². The molecule has 0 saturated heterocycles. The summed E-state index contributed by atoms with van der Waals surface area (Å²) in [6.45, 7) is 2.63. The molecule has 0 aromatic carbocycles. The van der Waals surface area contributed by atoms with Crippen LogP contribution in [0.15, 0.2) is 22.9 Å². The largest absolute Gasteiger partial charge is 0.332 e. The molecule has 1 aliphatic carbocycles. The number of hydrogen-bond donors (Lipinski definition) is 1. The van der Waals surface area contributed by atoms with E-state index in [9.17, 15) is 0 Å². The van der Waals surface area contributed by atoms with Crippen LogP contribution in [0, 0.1) is 0 Å². The minimum absolute atomic E-state index is 0.124. The highest BCUT2D eigenvalue weighted by Crippen LogP contribution is 2.46. The van der Waals surface area contributed by atoms with Gasteiger partial charge in [0, 0.05) is 18.2 Å². The second-order valence-corrected chi connectivity index (χ2v) is 4.74. The van der Waals surface area contributed by atoms with Crippen LogP contribution in [-0.4, -0.2) is 15.1 Å². The molecular formula is C12H14N4O. The van der Waals surface area contributed by atoms with Gasteiger partial charge in [-0.2, -0.15) is 4.98 Å². The lowest BCUT2D eigenvalue weighted by Crippen LogP contribution is -2.02. The van der Waals surface area contributed by atoms with Gasteiger partial charge in [-0.25, -0.2) is 0 Å². The van der Waals surface area contributed by atoms with Crippen LogP contribution in [0.3, 0.4) is 0 Å². The average Bonchev–Trinajstić information content (AvgIpc) is 2.94. The monoisotopic (exact) mass is 230 g/mol. The summed E-state index contributed by atoms with van der Waals surface area (Å²) in [5.41, 5.74) is 7.33. The van der Waals surface area contributed by atoms with Crippen molar-refractivity contribution in [3.8, 4) is 11.6 Å². The van der Waals surface area contributed by atoms with Crippen LogP contribution < -0.4 is 5.73 Å². The standard InChI is InChI=1S/C12H14N4O/c1-12(4-5-12)11-15-10(17-16-11)9-3-2-8(6-13)7-14-9/h2-3,7H,4-6,13H2,1H3. The fourth-order valence-corrected chi connectivity index (χ4v) is 1.66. The zero-order valence-corrected chi connectivity index (χ0v) is 9.68. The zero-order valence-electron chi connectivity index (χ0n) is 9.68. The lowest BCUT2D eigenvalue weighted by Gasteiger charge is -1.98. The van der Waals surface area contributed by atoms with E-state index in [0.29, 0.717) is 18.1 Å². The summed E-state index contributed by atoms with van der Waals surface area (Å²) in [7, 11) is 0. The van der Waals surface area contributed by atoms with E-state index in [1.165, 1.54) is 0 Å². The Morgan fingerprint density at radius 3 is 2.82 bits per heavy atom. The normalized spacial score (nSPS) is 17.1. The number of hydrogen-bond acceptors (Lipinski definition) is 5. The van der Waals surface area contributed by atoms with Crippen molar-refractivity contribution < 1.29 is 4.52 Å². The predicted octanol–water partition coefficient (Wildman–Crippen LogP) is 1.64. The first kappa shape index (κ1) is 10.4. The third-order valence-electron chi connectivity index (χ3n) is 3.25. The molecule has 1 fully saturated rings. The van der Waals surface area contributed by atoms with E-state index in [0.717, 1.165) is 24.2 Å². The average molecular weight is 230 g/mol. The van der Waals surface area contributed by atoms with Crippen molar-refractivity contribution in [3.05, 3.63) is 29.7 Å². The van der Waals surface area contributed by atoms with Gasteiger partial charge in [-0.3, -0.25) is 4.98 Å². The van der Waals surface area contributed by atoms with Gasteiger partial charge >= 0.3 is 0 Å². The quantitative estimate of drug-likeness (QED) is 0.867. The molecule has 5 heteroatoms. The van der Waals surface area contributed by atoms with Crippen LogP contribution in [0.5, 0.6) is 0 Å². The first-order valence-electron chi connectivity index (χ1n) is 5.71. The van der Waals surface area contributed by atoms with Gasteiger partial charge in [-0.05, 0) is 24.5 Å². The second-order valence-electron chi connectivity index (χ2n) is 4.74. The summed E-state index contributed by atoms with van der Waals surface area (Å²) in [4.78, 5) is 8.66. The number of nitrogens with zero attached hydrogens (tertiary/aromatic N) is 3. The van der Waals surface area contributed by atoms with Crippen molar-refractivity contribution in [1.82, 2.24) is 15.1 Å². The molecule has 2 aromatic heterocycles. The molecule has 0 amide bonds. The van der Waals surface area contributed by atoms with Crippen molar-refractivity contribution in [3.63, 3.8) is 0 Å². The topological polar surface area (TPSA) is 77.8 Å². The fraction of sp³-hybridized carbons (Fsp3) is 0.417. The Bertz CT molecular complexity index is 528. The third-order valence-corrected chi connectivity index (χ3v) is 3.25. The third kappa shape index (κ3) is 1.82. The van der Waals surface area contributed by atoms with Crippen molar-refractivity contribution >= 4 is 0 Å². The molecule has 0 radical (unpaired) electrons. The van der Waals surface area contributed by atoms with Gasteiger partial charge in [0.05, 0.1) is 0 Å². The van der Waals surface area contributed by atoms with Gasteiger partial charge in [0.2, 0.25) is 0 Å². The molecule has 0 unspecified atom stereocenters. The highest BCUT2D eigenvalue weighted by atomic mass is 16.5. The summed E-state index contributed by atoms with van der Waals surface area (Å²) in [5, 5.41) is 4.02. The first-order chi connectivity index (χ1) is 8.21. The van der Waals surface area contributed by atoms with Crippen LogP contribution in [-0.2, 0) is 12.0 Å². The molecule has 0 atom stereocenters. The van der Waals surface area contributed by atoms with Gasteiger partial charge in [0.1, 0.15) is 5.69 Å². The maximum absolute atomic E-state index is 5.52. The molecule has 5 nitrogen and oxygen atoms in total. The van der Waals surface area contributed by atoms with Crippen LogP contribution in [0.25, 0.3) is 11.6 Å². The molecule has 2 aromatic rings. The highest BCUT2D eigenvalue weighted by molar-refractivity contribution is 5.46. The minimum Gasteiger partial charge on any atom is -0.332 e. The Balaban J connectivity index is 1.90. The lowest BCUT2D eigenvalue weighted by molar-refractivity contribution is 0.414. The summed E-state index contributed by atoms with van der Waals surface area (Å²) in [6, 6.07) is 3.78. The van der Waals surface area contributed by atoms with E-state index in [1.54, 1.807) is 6.20 Å². The summed E-state index contributed by atoms with van der Waals surface area (Å²) in [6.07, 6.45) is 4.00. The molecule has 2 heterocycles. The minimum atomic E-state index is 0.124. The van der Waals surface area contributed by atoms with Crippen molar-refractivity contribution in [1.29, 1.82) is 0 Å². The number of rotatable bonds is 3. The zero-order chi connectivity index (χ0) is 11.9. The first-order valence-corrected chi connectivity index (χ1v) is 5.71. The van der Waals surface area contributed by atoms with Crippen LogP contribution in [0.1, 0.15) is 31.2 Å². The van der Waals surface area contributed by atoms with Gasteiger partial charge in [-0.15, -0.1) is 0 Å². The van der Waals surface area contributed by atoms with Gasteiger partial charge in [0.25, 0.3) is 5.89 Å². The van der Waals surface area contributed by atoms with E-state index in [2.05, 4.69) is 22.0 Å². The summed E-state index contributed by atoms with van der Waals surface area (Å²) < 4.78 is 5.24. The Morgan fingerprint density at radius 2 is 2.24 bits per heavy atom. The Morgan fingerprint density at radius 1 is 1.41 bits per heavy atom. The predicted molar refractivity (Wildman–Crippen MR) is 62.0 cm³/mol. The lowest BCUT2D eigenvalue weighted by atomic mass is 10.1. The molecular weight excluding hydrogens is 216 g/mol. The number of aromatic nitrogens is 3.